The molecule has 0 aromatic heterocycles. The Balaban J connectivity index is 1.86. The molecule has 1 fully saturated rings. The number of benzene rings is 1. The number of ether oxygens (including phenoxy) is 1. The van der Waals surface area contributed by atoms with Crippen molar-refractivity contribution >= 4 is 34.9 Å². The molecule has 1 aromatic rings. The highest BCUT2D eigenvalue weighted by atomic mass is 35.5. The molecule has 1 amide bonds. The van der Waals surface area contributed by atoms with E-state index in [1.54, 1.807) is 6.92 Å². The average molecular weight is 401 g/mol. The van der Waals surface area contributed by atoms with E-state index in [4.69, 9.17) is 16.3 Å². The number of nitrogens with one attached hydrogen (secondary N) is 1. The number of ketones is 1. The first-order valence-corrected chi connectivity index (χ1v) is 8.60. The Morgan fingerprint density at radius 1 is 1.44 bits per heavy atom. The van der Waals surface area contributed by atoms with Gasteiger partial charge in [-0.05, 0) is 24.1 Å². The lowest BCUT2D eigenvalue weighted by molar-refractivity contribution is -0.490. The van der Waals surface area contributed by atoms with Crippen LogP contribution in [0.25, 0.3) is 0 Å². The number of nitrogens with zero attached hydrogens (tertiary/aromatic N) is 1. The molecule has 1 aliphatic rings. The van der Waals surface area contributed by atoms with Crippen LogP contribution in [0.5, 0.6) is 0 Å². The molecule has 146 valence electrons. The van der Waals surface area contributed by atoms with Gasteiger partial charge < -0.3 is 10.1 Å². The quantitative estimate of drug-likeness (QED) is 0.427. The van der Waals surface area contributed by atoms with Gasteiger partial charge in [0.05, 0.1) is 17.1 Å². The molecule has 0 unspecified atom stereocenters. The van der Waals surface area contributed by atoms with Gasteiger partial charge in [-0.15, -0.1) is 0 Å². The molecular weight excluding hydrogens is 383 g/mol. The monoisotopic (exact) mass is 400 g/mol. The zero-order valence-corrected chi connectivity index (χ0v) is 15.2. The lowest BCUT2D eigenvalue weighted by Gasteiger charge is -2.17. The molecule has 1 N–H and O–H groups in total. The third kappa shape index (κ3) is 5.72. The van der Waals surface area contributed by atoms with Gasteiger partial charge in [-0.3, -0.25) is 24.5 Å². The molecule has 0 bridgehead atoms. The van der Waals surface area contributed by atoms with E-state index in [2.05, 4.69) is 5.32 Å². The predicted molar refractivity (Wildman–Crippen MR) is 93.2 cm³/mol. The van der Waals surface area contributed by atoms with Crippen molar-refractivity contribution < 1.29 is 28.4 Å². The minimum Gasteiger partial charge on any atom is -0.456 e. The number of rotatable bonds is 7. The summed E-state index contributed by atoms with van der Waals surface area (Å²) < 4.78 is 17.8. The van der Waals surface area contributed by atoms with Crippen LogP contribution in [0.2, 0.25) is 5.02 Å². The number of Topliss-reactive ketones (excluding diaryl/α,β-unsaturated/α-hetero) is 1. The van der Waals surface area contributed by atoms with E-state index in [1.807, 2.05) is 0 Å². The van der Waals surface area contributed by atoms with Crippen molar-refractivity contribution in [2.24, 2.45) is 17.8 Å². The standard InChI is InChI=1S/C17H18ClFN2O6/c1-9-4-15(22)11(12(9)7-21(25)26)6-17(24)27-8-16(23)20-14-3-2-10(19)5-13(14)18/h2-3,5,9,11-12H,4,6-8H2,1H3,(H,20,23)/t9-,11+,12+/m0/s1. The van der Waals surface area contributed by atoms with E-state index in [0.29, 0.717) is 0 Å². The van der Waals surface area contributed by atoms with Gasteiger partial charge in [0.1, 0.15) is 11.6 Å². The lowest BCUT2D eigenvalue weighted by atomic mass is 9.88. The van der Waals surface area contributed by atoms with E-state index in [1.165, 1.54) is 6.07 Å². The van der Waals surface area contributed by atoms with Gasteiger partial charge in [0.15, 0.2) is 6.61 Å². The van der Waals surface area contributed by atoms with Crippen molar-refractivity contribution in [2.75, 3.05) is 18.5 Å². The first-order valence-electron chi connectivity index (χ1n) is 8.22. The van der Waals surface area contributed by atoms with E-state index >= 15 is 0 Å². The summed E-state index contributed by atoms with van der Waals surface area (Å²) in [6, 6.07) is 3.39. The number of nitro groups is 1. The van der Waals surface area contributed by atoms with Crippen LogP contribution in [0.4, 0.5) is 10.1 Å². The predicted octanol–water partition coefficient (Wildman–Crippen LogP) is 2.47. The second-order valence-corrected chi connectivity index (χ2v) is 6.88. The molecule has 2 rings (SSSR count). The minimum atomic E-state index is -0.795. The summed E-state index contributed by atoms with van der Waals surface area (Å²) in [4.78, 5) is 46.0. The topological polar surface area (TPSA) is 116 Å². The summed E-state index contributed by atoms with van der Waals surface area (Å²) in [6.45, 7) is 0.717. The Kier molecular flexibility index (Phi) is 6.84. The van der Waals surface area contributed by atoms with Crippen LogP contribution in [-0.4, -0.2) is 35.7 Å². The van der Waals surface area contributed by atoms with Crippen molar-refractivity contribution in [1.82, 2.24) is 0 Å². The zero-order chi connectivity index (χ0) is 20.1. The number of hydrogen-bond acceptors (Lipinski definition) is 6. The largest absolute Gasteiger partial charge is 0.456 e. The fraction of sp³-hybridized carbons (Fsp3) is 0.471. The molecule has 0 radical (unpaired) electrons. The van der Waals surface area contributed by atoms with E-state index in [9.17, 15) is 28.9 Å². The van der Waals surface area contributed by atoms with Crippen LogP contribution in [-0.2, 0) is 19.1 Å². The summed E-state index contributed by atoms with van der Waals surface area (Å²) in [7, 11) is 0. The van der Waals surface area contributed by atoms with Crippen LogP contribution in [0, 0.1) is 33.7 Å². The van der Waals surface area contributed by atoms with Gasteiger partial charge in [-0.2, -0.15) is 0 Å². The van der Waals surface area contributed by atoms with Gasteiger partial charge in [-0.1, -0.05) is 18.5 Å². The molecule has 0 saturated heterocycles. The SMILES string of the molecule is C[C@H]1CC(=O)[C@H](CC(=O)OCC(=O)Nc2ccc(F)cc2Cl)[C@@H]1C[N+](=O)[O-]. The van der Waals surface area contributed by atoms with Crippen LogP contribution >= 0.6 is 11.6 Å². The molecule has 10 heteroatoms. The Bertz CT molecular complexity index is 772. The maximum absolute atomic E-state index is 13.0. The van der Waals surface area contributed by atoms with Crippen molar-refractivity contribution in [1.29, 1.82) is 0 Å². The van der Waals surface area contributed by atoms with E-state index in [0.717, 1.165) is 12.1 Å². The summed E-state index contributed by atoms with van der Waals surface area (Å²) in [5, 5.41) is 13.1. The second-order valence-electron chi connectivity index (χ2n) is 6.47. The van der Waals surface area contributed by atoms with Crippen LogP contribution in [0.3, 0.4) is 0 Å². The van der Waals surface area contributed by atoms with Crippen LogP contribution in [0.1, 0.15) is 19.8 Å². The zero-order valence-electron chi connectivity index (χ0n) is 14.4. The van der Waals surface area contributed by atoms with Gasteiger partial charge in [-0.25, -0.2) is 4.39 Å². The minimum absolute atomic E-state index is 0.0113. The molecule has 0 aliphatic heterocycles. The highest BCUT2D eigenvalue weighted by Crippen LogP contribution is 2.36. The number of carbonyl (C=O) groups is 3. The highest BCUT2D eigenvalue weighted by Gasteiger charge is 2.44. The van der Waals surface area contributed by atoms with Gasteiger partial charge in [0.25, 0.3) is 5.91 Å². The second kappa shape index (κ2) is 8.90. The number of halogens is 2. The Morgan fingerprint density at radius 2 is 2.15 bits per heavy atom. The van der Waals surface area contributed by atoms with Crippen molar-refractivity contribution in [3.8, 4) is 0 Å². The summed E-state index contributed by atoms with van der Waals surface area (Å²) >= 11 is 5.78. The molecule has 3 atom stereocenters. The fourth-order valence-corrected chi connectivity index (χ4v) is 3.38. The van der Waals surface area contributed by atoms with Gasteiger partial charge in [0.2, 0.25) is 6.54 Å². The first kappa shape index (κ1) is 20.8. The number of carbonyl (C=O) groups excluding carboxylic acids is 3. The number of anilines is 1. The van der Waals surface area contributed by atoms with Crippen LogP contribution in [0.15, 0.2) is 18.2 Å². The van der Waals surface area contributed by atoms with Gasteiger partial charge in [0, 0.05) is 23.2 Å². The van der Waals surface area contributed by atoms with Gasteiger partial charge >= 0.3 is 5.97 Å². The van der Waals surface area contributed by atoms with E-state index in [-0.39, 0.29) is 35.3 Å². The van der Waals surface area contributed by atoms with Crippen molar-refractivity contribution in [3.05, 3.63) is 39.2 Å². The average Bonchev–Trinajstić information content (AvgIpc) is 2.82. The summed E-state index contributed by atoms with van der Waals surface area (Å²) in [5.41, 5.74) is 0.157. The lowest BCUT2D eigenvalue weighted by Crippen LogP contribution is -2.28. The Morgan fingerprint density at radius 3 is 2.78 bits per heavy atom. The first-order chi connectivity index (χ1) is 12.7. The number of hydrogen-bond donors (Lipinski definition) is 1. The van der Waals surface area contributed by atoms with E-state index < -0.39 is 47.6 Å². The summed E-state index contributed by atoms with van der Waals surface area (Å²) in [5.74, 6) is -3.78. The maximum Gasteiger partial charge on any atom is 0.307 e. The third-order valence-electron chi connectivity index (χ3n) is 4.50. The van der Waals surface area contributed by atoms with Crippen molar-refractivity contribution in [2.45, 2.75) is 19.8 Å². The van der Waals surface area contributed by atoms with Crippen LogP contribution < -0.4 is 5.32 Å². The normalized spacial score (nSPS) is 21.7. The smallest absolute Gasteiger partial charge is 0.307 e. The summed E-state index contributed by atoms with van der Waals surface area (Å²) in [6.07, 6.45) is -0.133. The number of esters is 1. The highest BCUT2D eigenvalue weighted by molar-refractivity contribution is 6.33. The molecular formula is C17H18ClFN2O6. The molecule has 8 nitrogen and oxygen atoms in total. The Hall–Kier alpha value is -2.55. The maximum atomic E-state index is 13.0. The van der Waals surface area contributed by atoms with Crippen molar-refractivity contribution in [3.63, 3.8) is 0 Å². The molecule has 1 saturated carbocycles. The molecule has 0 heterocycles. The molecule has 0 spiro atoms. The molecule has 1 aliphatic carbocycles. The number of amides is 1. The molecule has 27 heavy (non-hydrogen) atoms. The Labute approximate surface area is 159 Å². The fourth-order valence-electron chi connectivity index (χ4n) is 3.16. The molecule has 1 aromatic carbocycles. The third-order valence-corrected chi connectivity index (χ3v) is 4.81.